The molecule has 2 aromatic carbocycles. The predicted molar refractivity (Wildman–Crippen MR) is 89.0 cm³/mol. The predicted octanol–water partition coefficient (Wildman–Crippen LogP) is 4.84. The molecule has 3 aromatic rings. The fraction of sp³-hybridized carbons (Fsp3) is 0.167. The van der Waals surface area contributed by atoms with Crippen LogP contribution < -0.4 is 4.74 Å². The minimum Gasteiger partial charge on any atom is -0.497 e. The Morgan fingerprint density at radius 3 is 2.62 bits per heavy atom. The van der Waals surface area contributed by atoms with Crippen LogP contribution in [-0.4, -0.2) is 12.1 Å². The van der Waals surface area contributed by atoms with Gasteiger partial charge in [0.1, 0.15) is 5.75 Å². The third kappa shape index (κ3) is 3.19. The Bertz CT molecular complexity index is 756. The maximum absolute atomic E-state index is 5.28. The molecule has 0 aliphatic carbocycles. The van der Waals surface area contributed by atoms with E-state index in [-0.39, 0.29) is 0 Å². The van der Waals surface area contributed by atoms with Crippen LogP contribution in [0.1, 0.15) is 11.1 Å². The zero-order chi connectivity index (χ0) is 14.7. The van der Waals surface area contributed by atoms with Crippen molar-refractivity contribution >= 4 is 22.7 Å². The average molecular weight is 295 g/mol. The molecule has 0 fully saturated rings. The number of methoxy groups -OCH3 is 1. The van der Waals surface area contributed by atoms with Gasteiger partial charge in [-0.05, 0) is 36.2 Å². The van der Waals surface area contributed by atoms with Crippen molar-refractivity contribution in [1.29, 1.82) is 0 Å². The van der Waals surface area contributed by atoms with E-state index in [4.69, 9.17) is 9.72 Å². The molecule has 0 saturated carbocycles. The van der Waals surface area contributed by atoms with Gasteiger partial charge < -0.3 is 4.74 Å². The van der Waals surface area contributed by atoms with Crippen molar-refractivity contribution in [2.24, 2.45) is 0 Å². The number of aromatic nitrogens is 1. The van der Waals surface area contributed by atoms with Crippen molar-refractivity contribution in [3.63, 3.8) is 0 Å². The molecule has 0 radical (unpaired) electrons. The minimum absolute atomic E-state index is 0.847. The summed E-state index contributed by atoms with van der Waals surface area (Å²) >= 11 is 1.76. The Kier molecular flexibility index (Phi) is 4.11. The van der Waals surface area contributed by atoms with Gasteiger partial charge in [-0.1, -0.05) is 30.3 Å². The molecule has 3 heteroatoms. The van der Waals surface area contributed by atoms with Crippen molar-refractivity contribution in [2.45, 2.75) is 17.7 Å². The summed E-state index contributed by atoms with van der Waals surface area (Å²) in [6.07, 6.45) is 0. The lowest BCUT2D eigenvalue weighted by molar-refractivity contribution is 0.415. The molecule has 0 N–H and O–H groups in total. The number of ether oxygens (including phenoxy) is 1. The van der Waals surface area contributed by atoms with Crippen LogP contribution in [0, 0.1) is 6.92 Å². The summed E-state index contributed by atoms with van der Waals surface area (Å²) in [6, 6.07) is 18.7. The maximum Gasteiger partial charge on any atom is 0.121 e. The highest BCUT2D eigenvalue weighted by Gasteiger charge is 2.05. The Morgan fingerprint density at radius 1 is 1.05 bits per heavy atom. The summed E-state index contributed by atoms with van der Waals surface area (Å²) < 4.78 is 5.28. The molecule has 21 heavy (non-hydrogen) atoms. The lowest BCUT2D eigenvalue weighted by Crippen LogP contribution is -1.90. The van der Waals surface area contributed by atoms with E-state index in [0.717, 1.165) is 22.0 Å². The summed E-state index contributed by atoms with van der Waals surface area (Å²) in [5.41, 5.74) is 3.55. The van der Waals surface area contributed by atoms with Crippen molar-refractivity contribution in [2.75, 3.05) is 7.11 Å². The number of hydrogen-bond acceptors (Lipinski definition) is 3. The molecule has 106 valence electrons. The monoisotopic (exact) mass is 295 g/mol. The van der Waals surface area contributed by atoms with E-state index in [1.54, 1.807) is 18.9 Å². The van der Waals surface area contributed by atoms with Gasteiger partial charge in [-0.3, -0.25) is 0 Å². The molecule has 0 bridgehead atoms. The van der Waals surface area contributed by atoms with Crippen LogP contribution in [0.5, 0.6) is 5.75 Å². The summed E-state index contributed by atoms with van der Waals surface area (Å²) in [5.74, 6) is 1.78. The number of thioether (sulfide) groups is 1. The van der Waals surface area contributed by atoms with Gasteiger partial charge in [0.15, 0.2) is 0 Å². The number of rotatable bonds is 4. The highest BCUT2D eigenvalue weighted by molar-refractivity contribution is 7.98. The SMILES string of the molecule is COc1ccc2c(C)cc(SCc3ccccc3)nc2c1. The van der Waals surface area contributed by atoms with Crippen LogP contribution in [-0.2, 0) is 5.75 Å². The lowest BCUT2D eigenvalue weighted by atomic mass is 10.1. The lowest BCUT2D eigenvalue weighted by Gasteiger charge is -2.08. The molecule has 1 aromatic heterocycles. The van der Waals surface area contributed by atoms with E-state index in [0.29, 0.717) is 0 Å². The molecule has 3 rings (SSSR count). The summed E-state index contributed by atoms with van der Waals surface area (Å²) in [4.78, 5) is 4.74. The first kappa shape index (κ1) is 14.0. The molecule has 0 unspecified atom stereocenters. The molecule has 0 aliphatic rings. The van der Waals surface area contributed by atoms with Crippen molar-refractivity contribution in [3.05, 3.63) is 65.7 Å². The second-order valence-corrected chi connectivity index (χ2v) is 5.93. The van der Waals surface area contributed by atoms with E-state index in [1.165, 1.54) is 16.5 Å². The molecular formula is C18H17NOS. The van der Waals surface area contributed by atoms with Gasteiger partial charge in [0, 0.05) is 17.2 Å². The van der Waals surface area contributed by atoms with Gasteiger partial charge in [-0.15, -0.1) is 11.8 Å². The third-order valence-electron chi connectivity index (χ3n) is 3.43. The van der Waals surface area contributed by atoms with Gasteiger partial charge in [-0.25, -0.2) is 4.98 Å². The van der Waals surface area contributed by atoms with Gasteiger partial charge in [-0.2, -0.15) is 0 Å². The Balaban J connectivity index is 1.88. The Morgan fingerprint density at radius 2 is 1.86 bits per heavy atom. The maximum atomic E-state index is 5.28. The average Bonchev–Trinajstić information content (AvgIpc) is 2.53. The molecule has 1 heterocycles. The molecule has 0 saturated heterocycles. The zero-order valence-electron chi connectivity index (χ0n) is 12.2. The van der Waals surface area contributed by atoms with E-state index in [2.05, 4.69) is 43.3 Å². The Labute approximate surface area is 129 Å². The third-order valence-corrected chi connectivity index (χ3v) is 4.41. The second-order valence-electron chi connectivity index (χ2n) is 4.93. The number of aryl methyl sites for hydroxylation is 1. The van der Waals surface area contributed by atoms with Crippen molar-refractivity contribution < 1.29 is 4.74 Å². The minimum atomic E-state index is 0.847. The molecule has 0 aliphatic heterocycles. The molecule has 0 amide bonds. The molecule has 2 nitrogen and oxygen atoms in total. The summed E-state index contributed by atoms with van der Waals surface area (Å²) in [7, 11) is 1.68. The smallest absolute Gasteiger partial charge is 0.121 e. The number of fused-ring (bicyclic) bond motifs is 1. The first-order valence-electron chi connectivity index (χ1n) is 6.88. The van der Waals surface area contributed by atoms with Crippen LogP contribution in [0.4, 0.5) is 0 Å². The van der Waals surface area contributed by atoms with Crippen LogP contribution in [0.3, 0.4) is 0 Å². The first-order valence-corrected chi connectivity index (χ1v) is 7.87. The van der Waals surface area contributed by atoms with Gasteiger partial charge in [0.25, 0.3) is 0 Å². The number of nitrogens with zero attached hydrogens (tertiary/aromatic N) is 1. The number of benzene rings is 2. The fourth-order valence-electron chi connectivity index (χ4n) is 2.28. The van der Waals surface area contributed by atoms with Gasteiger partial charge in [0.05, 0.1) is 17.7 Å². The molecule has 0 atom stereocenters. The topological polar surface area (TPSA) is 22.1 Å². The second kappa shape index (κ2) is 6.19. The molecular weight excluding hydrogens is 278 g/mol. The first-order chi connectivity index (χ1) is 10.3. The fourth-order valence-corrected chi connectivity index (χ4v) is 3.21. The number of hydrogen-bond donors (Lipinski definition) is 0. The zero-order valence-corrected chi connectivity index (χ0v) is 13.0. The van der Waals surface area contributed by atoms with E-state index in [9.17, 15) is 0 Å². The van der Waals surface area contributed by atoms with Crippen LogP contribution in [0.2, 0.25) is 0 Å². The highest BCUT2D eigenvalue weighted by Crippen LogP contribution is 2.28. The summed E-state index contributed by atoms with van der Waals surface area (Å²) in [5, 5.41) is 2.23. The highest BCUT2D eigenvalue weighted by atomic mass is 32.2. The van der Waals surface area contributed by atoms with Crippen molar-refractivity contribution in [3.8, 4) is 5.75 Å². The summed E-state index contributed by atoms with van der Waals surface area (Å²) in [6.45, 7) is 2.13. The van der Waals surface area contributed by atoms with Crippen LogP contribution >= 0.6 is 11.8 Å². The van der Waals surface area contributed by atoms with Crippen molar-refractivity contribution in [1.82, 2.24) is 4.98 Å². The van der Waals surface area contributed by atoms with E-state index in [1.807, 2.05) is 18.2 Å². The van der Waals surface area contributed by atoms with E-state index < -0.39 is 0 Å². The van der Waals surface area contributed by atoms with Gasteiger partial charge >= 0.3 is 0 Å². The number of pyridine rings is 1. The normalized spacial score (nSPS) is 10.8. The largest absolute Gasteiger partial charge is 0.497 e. The van der Waals surface area contributed by atoms with Crippen LogP contribution in [0.15, 0.2) is 59.6 Å². The Hall–Kier alpha value is -2.00. The van der Waals surface area contributed by atoms with Gasteiger partial charge in [0.2, 0.25) is 0 Å². The van der Waals surface area contributed by atoms with E-state index >= 15 is 0 Å². The molecule has 0 spiro atoms. The quantitative estimate of drug-likeness (QED) is 0.643. The standard InChI is InChI=1S/C18H17NOS/c1-13-10-18(21-12-14-6-4-3-5-7-14)19-17-11-15(20-2)8-9-16(13)17/h3-11H,12H2,1-2H3. The van der Waals surface area contributed by atoms with Crippen LogP contribution in [0.25, 0.3) is 10.9 Å².